The van der Waals surface area contributed by atoms with Gasteiger partial charge in [-0.2, -0.15) is 5.09 Å². The van der Waals surface area contributed by atoms with Gasteiger partial charge in [-0.05, 0) is 45.1 Å². The lowest BCUT2D eigenvalue weighted by Gasteiger charge is -2.43. The van der Waals surface area contributed by atoms with E-state index < -0.39 is 66.7 Å². The third-order valence-electron chi connectivity index (χ3n) is 6.02. The van der Waals surface area contributed by atoms with Crippen LogP contribution in [-0.4, -0.2) is 61.8 Å². The zero-order valence-corrected chi connectivity index (χ0v) is 22.6. The number of nitrogens with one attached hydrogen (secondary N) is 2. The zero-order valence-electron chi connectivity index (χ0n) is 20.9. The number of ether oxygens (including phenoxy) is 2. The van der Waals surface area contributed by atoms with Gasteiger partial charge in [-0.3, -0.25) is 23.7 Å². The van der Waals surface area contributed by atoms with Crippen LogP contribution in [0, 0.1) is 0 Å². The number of para-hydroxylation sites is 1. The smallest absolute Gasteiger partial charge is 0.459 e. The number of hydrogen-bond donors (Lipinski definition) is 3. The third kappa shape index (κ3) is 5.75. The first-order chi connectivity index (χ1) is 17.9. The molecule has 1 aromatic carbocycles. The highest BCUT2D eigenvalue weighted by Gasteiger charge is 2.68. The van der Waals surface area contributed by atoms with E-state index in [4.69, 9.17) is 18.5 Å². The molecule has 12 nitrogen and oxygen atoms in total. The lowest BCUT2D eigenvalue weighted by Crippen LogP contribution is -2.54. The highest BCUT2D eigenvalue weighted by molar-refractivity contribution is 8.02. The van der Waals surface area contributed by atoms with Crippen LogP contribution in [0.15, 0.2) is 52.2 Å². The van der Waals surface area contributed by atoms with Crippen molar-refractivity contribution >= 4 is 25.5 Å². The molecule has 1 aromatic heterocycles. The first-order valence-electron chi connectivity index (χ1n) is 11.9. The molecule has 0 radical (unpaired) electrons. The summed E-state index contributed by atoms with van der Waals surface area (Å²) in [6.07, 6.45) is -2.08. The van der Waals surface area contributed by atoms with Crippen LogP contribution in [-0.2, 0) is 23.4 Å². The van der Waals surface area contributed by atoms with Crippen LogP contribution in [0.2, 0.25) is 0 Å². The Balaban J connectivity index is 1.58. The number of rotatable bonds is 10. The van der Waals surface area contributed by atoms with Gasteiger partial charge < -0.3 is 19.1 Å². The second-order valence-electron chi connectivity index (χ2n) is 9.24. The van der Waals surface area contributed by atoms with E-state index in [2.05, 4.69) is 10.1 Å². The number of carbonyl (C=O) groups is 1. The van der Waals surface area contributed by atoms with Gasteiger partial charge in [0.2, 0.25) is 0 Å². The number of aliphatic hydroxyl groups excluding tert-OH is 1. The topological polar surface area (TPSA) is 158 Å². The maximum Gasteiger partial charge on any atom is 0.459 e. The fraction of sp³-hybridized carbons (Fsp3) is 0.522. The van der Waals surface area contributed by atoms with Crippen molar-refractivity contribution in [2.24, 2.45) is 0 Å². The van der Waals surface area contributed by atoms with Crippen molar-refractivity contribution in [3.8, 4) is 5.75 Å². The quantitative estimate of drug-likeness (QED) is 0.282. The molecule has 2 aliphatic heterocycles. The van der Waals surface area contributed by atoms with Crippen LogP contribution >= 0.6 is 19.5 Å². The summed E-state index contributed by atoms with van der Waals surface area (Å²) in [5.41, 5.74) is -1.49. The number of benzene rings is 1. The third-order valence-corrected chi connectivity index (χ3v) is 9.22. The molecule has 0 amide bonds. The van der Waals surface area contributed by atoms with E-state index in [1.165, 1.54) is 30.8 Å². The van der Waals surface area contributed by atoms with Crippen molar-refractivity contribution in [1.82, 2.24) is 14.6 Å². The molecule has 2 saturated heterocycles. The summed E-state index contributed by atoms with van der Waals surface area (Å²) in [6, 6.07) is 7.80. The Kier molecular flexibility index (Phi) is 8.22. The van der Waals surface area contributed by atoms with E-state index in [1.807, 2.05) is 0 Å². The number of hydrogen-bond acceptors (Lipinski definition) is 10. The summed E-state index contributed by atoms with van der Waals surface area (Å²) < 4.78 is 51.3. The zero-order chi connectivity index (χ0) is 27.7. The Morgan fingerprint density at radius 1 is 1.32 bits per heavy atom. The monoisotopic (exact) mass is 573 g/mol. The van der Waals surface area contributed by atoms with Crippen molar-refractivity contribution in [1.29, 1.82) is 0 Å². The predicted molar refractivity (Wildman–Crippen MR) is 136 cm³/mol. The average Bonchev–Trinajstić information content (AvgIpc) is 3.05. The molecule has 208 valence electrons. The number of aromatic nitrogens is 2. The van der Waals surface area contributed by atoms with E-state index in [0.29, 0.717) is 12.2 Å². The van der Waals surface area contributed by atoms with Gasteiger partial charge in [-0.15, -0.1) is 11.8 Å². The molecule has 0 aliphatic carbocycles. The molecule has 0 unspecified atom stereocenters. The SMILES string of the molecule is CC(C)OC(=O)[C@H](C)N[P@@](=O)(OC[C@@]1(F)O[C@@H](n2ccc(=O)[nH]c2=O)[C@@]2(CCS2)[C@@H]1O)Oc1ccccc1. The summed E-state index contributed by atoms with van der Waals surface area (Å²) in [7, 11) is -4.46. The Hall–Kier alpha value is -2.48. The number of H-pyrrole nitrogens is 1. The number of carbonyl (C=O) groups excluding carboxylic acids is 1. The summed E-state index contributed by atoms with van der Waals surface area (Å²) in [4.78, 5) is 38.3. The molecule has 2 aliphatic rings. The fourth-order valence-corrected chi connectivity index (χ4v) is 6.94. The number of thioether (sulfide) groups is 1. The maximum atomic E-state index is 16.2. The molecule has 3 heterocycles. The van der Waals surface area contributed by atoms with Gasteiger partial charge in [0.05, 0.1) is 10.9 Å². The normalized spacial score (nSPS) is 29.0. The summed E-state index contributed by atoms with van der Waals surface area (Å²) in [5, 5.41) is 13.5. The fourth-order valence-electron chi connectivity index (χ4n) is 4.12. The summed E-state index contributed by atoms with van der Waals surface area (Å²) in [5.74, 6) is -2.99. The molecule has 0 saturated carbocycles. The lowest BCUT2D eigenvalue weighted by molar-refractivity contribution is -0.204. The molecular weight excluding hydrogens is 544 g/mol. The van der Waals surface area contributed by atoms with Crippen LogP contribution < -0.4 is 20.9 Å². The van der Waals surface area contributed by atoms with Gasteiger partial charge in [-0.25, -0.2) is 13.8 Å². The second kappa shape index (κ2) is 10.9. The molecular formula is C23H29FN3O9PS. The maximum absolute atomic E-state index is 16.2. The van der Waals surface area contributed by atoms with Gasteiger partial charge in [0.15, 0.2) is 6.23 Å². The first kappa shape index (κ1) is 28.5. The summed E-state index contributed by atoms with van der Waals surface area (Å²) >= 11 is 1.20. The molecule has 38 heavy (non-hydrogen) atoms. The lowest BCUT2D eigenvalue weighted by atomic mass is 9.93. The number of aromatic amines is 1. The average molecular weight is 574 g/mol. The molecule has 4 rings (SSSR count). The van der Waals surface area contributed by atoms with Gasteiger partial charge in [0.1, 0.15) is 24.5 Å². The van der Waals surface area contributed by atoms with Crippen LogP contribution in [0.3, 0.4) is 0 Å². The minimum Gasteiger partial charge on any atom is -0.462 e. The van der Waals surface area contributed by atoms with Gasteiger partial charge >= 0.3 is 19.4 Å². The number of aliphatic hydroxyl groups is 1. The number of halogens is 1. The van der Waals surface area contributed by atoms with Crippen molar-refractivity contribution in [3.05, 3.63) is 63.4 Å². The van der Waals surface area contributed by atoms with Crippen molar-refractivity contribution in [3.63, 3.8) is 0 Å². The minimum atomic E-state index is -4.46. The molecule has 15 heteroatoms. The van der Waals surface area contributed by atoms with Crippen LogP contribution in [0.1, 0.15) is 33.4 Å². The largest absolute Gasteiger partial charge is 0.462 e. The van der Waals surface area contributed by atoms with E-state index in [1.54, 1.807) is 32.0 Å². The molecule has 3 N–H and O–H groups in total. The van der Waals surface area contributed by atoms with Gasteiger partial charge in [0, 0.05) is 12.3 Å². The van der Waals surface area contributed by atoms with Crippen molar-refractivity contribution in [2.75, 3.05) is 12.4 Å². The minimum absolute atomic E-state index is 0.109. The van der Waals surface area contributed by atoms with Gasteiger partial charge in [-0.1, -0.05) is 18.2 Å². The highest BCUT2D eigenvalue weighted by Crippen LogP contribution is 2.60. The highest BCUT2D eigenvalue weighted by atomic mass is 32.2. The Bertz CT molecular complexity index is 1320. The predicted octanol–water partition coefficient (Wildman–Crippen LogP) is 2.10. The molecule has 6 atom stereocenters. The Morgan fingerprint density at radius 2 is 2.00 bits per heavy atom. The number of nitrogens with zero attached hydrogens (tertiary/aromatic N) is 1. The molecule has 0 bridgehead atoms. The second-order valence-corrected chi connectivity index (χ2v) is 12.4. The van der Waals surface area contributed by atoms with E-state index in [9.17, 15) is 24.1 Å². The Morgan fingerprint density at radius 3 is 2.58 bits per heavy atom. The Labute approximate surface area is 221 Å². The number of alkyl halides is 1. The standard InChI is InChI=1S/C23H29FN3O9PS/c1-14(2)34-18(29)15(3)26-37(32,36-16-7-5-4-6-8-16)33-13-23(24)19(30)22(10-12-38-22)20(35-23)27-11-9-17(28)25-21(27)31/h4-9,11,14-15,19-20,30H,10,12-13H2,1-3H3,(H,26,32)(H,25,28,31)/t15-,19-,20+,22+,23+,37+/m0/s1. The molecule has 2 aromatic rings. The van der Waals surface area contributed by atoms with E-state index >= 15 is 4.39 Å². The first-order valence-corrected chi connectivity index (χ1v) is 14.4. The molecule has 1 spiro atoms. The van der Waals surface area contributed by atoms with Crippen molar-refractivity contribution < 1.29 is 37.4 Å². The van der Waals surface area contributed by atoms with Crippen LogP contribution in [0.25, 0.3) is 0 Å². The van der Waals surface area contributed by atoms with Crippen molar-refractivity contribution in [2.45, 2.75) is 62.3 Å². The van der Waals surface area contributed by atoms with E-state index in [-0.39, 0.29) is 5.75 Å². The van der Waals surface area contributed by atoms with Crippen LogP contribution in [0.5, 0.6) is 5.75 Å². The van der Waals surface area contributed by atoms with Gasteiger partial charge in [0.25, 0.3) is 11.4 Å². The summed E-state index contributed by atoms with van der Waals surface area (Å²) in [6.45, 7) is 3.59. The molecule has 2 fully saturated rings. The number of esters is 1. The van der Waals surface area contributed by atoms with E-state index in [0.717, 1.165) is 16.8 Å². The van der Waals surface area contributed by atoms with Crippen LogP contribution in [0.4, 0.5) is 4.39 Å².